The first-order valence-corrected chi connectivity index (χ1v) is 7.03. The number of benzene rings is 1. The highest BCUT2D eigenvalue weighted by atomic mass is 19.1. The third-order valence-corrected chi connectivity index (χ3v) is 3.74. The number of Topliss-reactive ketones (excluding diaryl/α,β-unsaturated/α-hetero) is 1. The van der Waals surface area contributed by atoms with E-state index in [2.05, 4.69) is 25.7 Å². The zero-order chi connectivity index (χ0) is 14.4. The number of carbonyl (C=O) groups excluding carboxylic acids is 1. The van der Waals surface area contributed by atoms with Gasteiger partial charge in [0.1, 0.15) is 5.82 Å². The Kier molecular flexibility index (Phi) is 6.16. The fourth-order valence-electron chi connectivity index (χ4n) is 2.10. The fourth-order valence-corrected chi connectivity index (χ4v) is 2.10. The van der Waals surface area contributed by atoms with Crippen molar-refractivity contribution in [3.8, 4) is 0 Å². The lowest BCUT2D eigenvalue weighted by atomic mass is 10.1. The summed E-state index contributed by atoms with van der Waals surface area (Å²) >= 11 is 0. The van der Waals surface area contributed by atoms with Crippen molar-refractivity contribution in [1.29, 1.82) is 0 Å². The number of ketones is 1. The van der Waals surface area contributed by atoms with Crippen LogP contribution in [0.1, 0.15) is 49.5 Å². The summed E-state index contributed by atoms with van der Waals surface area (Å²) in [5.74, 6) is -0.291. The van der Waals surface area contributed by atoms with E-state index < -0.39 is 0 Å². The summed E-state index contributed by atoms with van der Waals surface area (Å²) in [5.41, 5.74) is 1.05. The van der Waals surface area contributed by atoms with Crippen LogP contribution in [0.4, 0.5) is 4.39 Å². The molecule has 0 aliphatic carbocycles. The van der Waals surface area contributed by atoms with Crippen molar-refractivity contribution in [2.45, 2.75) is 46.6 Å². The molecule has 1 atom stereocenters. The van der Waals surface area contributed by atoms with E-state index in [0.717, 1.165) is 19.5 Å². The molecule has 0 heterocycles. The van der Waals surface area contributed by atoms with E-state index in [0.29, 0.717) is 23.6 Å². The molecule has 0 fully saturated rings. The monoisotopic (exact) mass is 265 g/mol. The molecule has 0 N–H and O–H groups in total. The lowest BCUT2D eigenvalue weighted by Crippen LogP contribution is -2.34. The van der Waals surface area contributed by atoms with E-state index in [1.165, 1.54) is 6.07 Å². The molecule has 0 aromatic heterocycles. The number of carbonyl (C=O) groups is 1. The van der Waals surface area contributed by atoms with E-state index >= 15 is 0 Å². The maximum absolute atomic E-state index is 13.4. The Morgan fingerprint density at radius 3 is 2.58 bits per heavy atom. The molecule has 0 saturated carbocycles. The standard InChI is InChI=1S/C16H24FNO/c1-5-13(4)18(6-2)10-9-16(19)14-8-7-12(3)15(17)11-14/h7-8,11,13H,5-6,9-10H2,1-4H3. The van der Waals surface area contributed by atoms with E-state index in [1.54, 1.807) is 19.1 Å². The van der Waals surface area contributed by atoms with E-state index in [-0.39, 0.29) is 11.6 Å². The van der Waals surface area contributed by atoms with E-state index in [4.69, 9.17) is 0 Å². The highest BCUT2D eigenvalue weighted by molar-refractivity contribution is 5.96. The Hall–Kier alpha value is -1.22. The van der Waals surface area contributed by atoms with Gasteiger partial charge in [-0.2, -0.15) is 0 Å². The van der Waals surface area contributed by atoms with Gasteiger partial charge in [0.05, 0.1) is 0 Å². The van der Waals surface area contributed by atoms with Crippen LogP contribution < -0.4 is 0 Å². The molecule has 1 unspecified atom stereocenters. The minimum Gasteiger partial charge on any atom is -0.300 e. The van der Waals surface area contributed by atoms with Crippen LogP contribution in [0.3, 0.4) is 0 Å². The van der Waals surface area contributed by atoms with Gasteiger partial charge in [-0.1, -0.05) is 26.0 Å². The molecule has 106 valence electrons. The summed E-state index contributed by atoms with van der Waals surface area (Å²) in [6.45, 7) is 9.78. The summed E-state index contributed by atoms with van der Waals surface area (Å²) in [4.78, 5) is 14.3. The van der Waals surface area contributed by atoms with Crippen LogP contribution in [0.5, 0.6) is 0 Å². The molecule has 1 aromatic carbocycles. The van der Waals surface area contributed by atoms with Gasteiger partial charge < -0.3 is 4.90 Å². The molecule has 19 heavy (non-hydrogen) atoms. The maximum atomic E-state index is 13.4. The van der Waals surface area contributed by atoms with Crippen molar-refractivity contribution in [3.05, 3.63) is 35.1 Å². The van der Waals surface area contributed by atoms with Gasteiger partial charge in [0.2, 0.25) is 0 Å². The van der Waals surface area contributed by atoms with Gasteiger partial charge in [0.25, 0.3) is 0 Å². The molecular weight excluding hydrogens is 241 g/mol. The number of hydrogen-bond donors (Lipinski definition) is 0. The second-order valence-corrected chi connectivity index (χ2v) is 5.02. The van der Waals surface area contributed by atoms with Gasteiger partial charge in [-0.3, -0.25) is 4.79 Å². The predicted molar refractivity (Wildman–Crippen MR) is 77.1 cm³/mol. The Morgan fingerprint density at radius 2 is 2.05 bits per heavy atom. The minimum atomic E-state index is -0.305. The molecule has 0 amide bonds. The maximum Gasteiger partial charge on any atom is 0.164 e. The second-order valence-electron chi connectivity index (χ2n) is 5.02. The largest absolute Gasteiger partial charge is 0.300 e. The molecule has 0 aliphatic heterocycles. The molecule has 0 bridgehead atoms. The average Bonchev–Trinajstić information content (AvgIpc) is 2.41. The zero-order valence-corrected chi connectivity index (χ0v) is 12.4. The Balaban J connectivity index is 2.61. The van der Waals surface area contributed by atoms with Gasteiger partial charge in [0.15, 0.2) is 5.78 Å². The Labute approximate surface area is 115 Å². The van der Waals surface area contributed by atoms with Crippen molar-refractivity contribution in [2.24, 2.45) is 0 Å². The quantitative estimate of drug-likeness (QED) is 0.698. The van der Waals surface area contributed by atoms with Crippen LogP contribution in [0, 0.1) is 12.7 Å². The van der Waals surface area contributed by atoms with Crippen molar-refractivity contribution in [2.75, 3.05) is 13.1 Å². The molecule has 2 nitrogen and oxygen atoms in total. The number of nitrogens with zero attached hydrogens (tertiary/aromatic N) is 1. The van der Waals surface area contributed by atoms with Crippen molar-refractivity contribution in [1.82, 2.24) is 4.90 Å². The first-order chi connectivity index (χ1) is 8.99. The zero-order valence-electron chi connectivity index (χ0n) is 12.4. The Morgan fingerprint density at radius 1 is 1.37 bits per heavy atom. The summed E-state index contributed by atoms with van der Waals surface area (Å²) in [6.07, 6.45) is 1.52. The second kappa shape index (κ2) is 7.39. The van der Waals surface area contributed by atoms with Crippen LogP contribution in [0.2, 0.25) is 0 Å². The highest BCUT2D eigenvalue weighted by Crippen LogP contribution is 2.12. The fraction of sp³-hybridized carbons (Fsp3) is 0.562. The summed E-state index contributed by atoms with van der Waals surface area (Å²) in [5, 5.41) is 0. The molecule has 3 heteroatoms. The van der Waals surface area contributed by atoms with Crippen molar-refractivity contribution in [3.63, 3.8) is 0 Å². The summed E-state index contributed by atoms with van der Waals surface area (Å²) in [7, 11) is 0. The molecule has 1 rings (SSSR count). The van der Waals surface area contributed by atoms with Gasteiger partial charge in [0, 0.05) is 24.6 Å². The minimum absolute atomic E-state index is 0.0145. The van der Waals surface area contributed by atoms with Crippen LogP contribution in [-0.4, -0.2) is 29.8 Å². The lowest BCUT2D eigenvalue weighted by Gasteiger charge is -2.26. The van der Waals surface area contributed by atoms with Gasteiger partial charge in [-0.05, 0) is 38.4 Å². The molecule has 0 saturated heterocycles. The lowest BCUT2D eigenvalue weighted by molar-refractivity contribution is 0.0954. The van der Waals surface area contributed by atoms with Crippen LogP contribution >= 0.6 is 0 Å². The SMILES string of the molecule is CCC(C)N(CC)CCC(=O)c1ccc(C)c(F)c1. The molecule has 0 radical (unpaired) electrons. The van der Waals surface area contributed by atoms with E-state index in [9.17, 15) is 9.18 Å². The van der Waals surface area contributed by atoms with Crippen molar-refractivity contribution >= 4 is 5.78 Å². The topological polar surface area (TPSA) is 20.3 Å². The van der Waals surface area contributed by atoms with Crippen LogP contribution in [0.25, 0.3) is 0 Å². The Bertz CT molecular complexity index is 431. The predicted octanol–water partition coefficient (Wildman–Crippen LogP) is 3.83. The highest BCUT2D eigenvalue weighted by Gasteiger charge is 2.13. The smallest absolute Gasteiger partial charge is 0.164 e. The van der Waals surface area contributed by atoms with Crippen molar-refractivity contribution < 1.29 is 9.18 Å². The van der Waals surface area contributed by atoms with Gasteiger partial charge >= 0.3 is 0 Å². The van der Waals surface area contributed by atoms with Crippen LogP contribution in [-0.2, 0) is 0 Å². The van der Waals surface area contributed by atoms with Gasteiger partial charge in [-0.15, -0.1) is 0 Å². The third kappa shape index (κ3) is 4.43. The molecule has 0 aliphatic rings. The van der Waals surface area contributed by atoms with E-state index in [1.807, 2.05) is 0 Å². The van der Waals surface area contributed by atoms with Gasteiger partial charge in [-0.25, -0.2) is 4.39 Å². The van der Waals surface area contributed by atoms with Crippen LogP contribution in [0.15, 0.2) is 18.2 Å². The summed E-state index contributed by atoms with van der Waals surface area (Å²) in [6, 6.07) is 5.19. The number of aryl methyl sites for hydroxylation is 1. The summed E-state index contributed by atoms with van der Waals surface area (Å²) < 4.78 is 13.4. The first kappa shape index (κ1) is 15.8. The molecule has 1 aromatic rings. The third-order valence-electron chi connectivity index (χ3n) is 3.74. The number of halogens is 1. The first-order valence-electron chi connectivity index (χ1n) is 7.03. The normalized spacial score (nSPS) is 12.7. The number of hydrogen-bond acceptors (Lipinski definition) is 2. The number of rotatable bonds is 7. The molecular formula is C16H24FNO. The molecule has 0 spiro atoms. The average molecular weight is 265 g/mol.